The topological polar surface area (TPSA) is 62.3 Å². The molecule has 3 aromatic rings. The number of nitrogens with one attached hydrogen (secondary N) is 1. The second kappa shape index (κ2) is 8.52. The summed E-state index contributed by atoms with van der Waals surface area (Å²) >= 11 is 1.66. The number of nitrogens with zero attached hydrogens (tertiary/aromatic N) is 2. The number of fused-ring (bicyclic) bond motifs is 1. The summed E-state index contributed by atoms with van der Waals surface area (Å²) in [6.07, 6.45) is 6.55. The van der Waals surface area contributed by atoms with E-state index in [0.29, 0.717) is 11.6 Å². The molecule has 1 unspecified atom stereocenters. The van der Waals surface area contributed by atoms with Crippen LogP contribution < -0.4 is 10.2 Å². The number of benzene rings is 2. The van der Waals surface area contributed by atoms with Crippen molar-refractivity contribution in [3.63, 3.8) is 0 Å². The monoisotopic (exact) mass is 433 g/mol. The molecule has 0 bridgehead atoms. The SMILES string of the molecule is Cc1ccc2nc(-c3ccc(N4C(=O)CC(NCC5CCCCC5)C4=O)cc3)sc2c1. The lowest BCUT2D eigenvalue weighted by molar-refractivity contribution is -0.121. The number of imide groups is 1. The molecule has 0 spiro atoms. The van der Waals surface area contributed by atoms with Crippen LogP contribution >= 0.6 is 11.3 Å². The molecular formula is C25H27N3O2S. The minimum atomic E-state index is -0.401. The van der Waals surface area contributed by atoms with Crippen LogP contribution in [0.25, 0.3) is 20.8 Å². The fraction of sp³-hybridized carbons (Fsp3) is 0.400. The number of thiazole rings is 1. The quantitative estimate of drug-likeness (QED) is 0.571. The lowest BCUT2D eigenvalue weighted by Gasteiger charge is -2.23. The van der Waals surface area contributed by atoms with Crippen molar-refractivity contribution >= 4 is 39.1 Å². The summed E-state index contributed by atoms with van der Waals surface area (Å²) in [5, 5.41) is 4.31. The van der Waals surface area contributed by atoms with Crippen LogP contribution in [0.15, 0.2) is 42.5 Å². The van der Waals surface area contributed by atoms with Crippen LogP contribution in [-0.2, 0) is 9.59 Å². The first-order chi connectivity index (χ1) is 15.1. The third-order valence-electron chi connectivity index (χ3n) is 6.44. The Hall–Kier alpha value is -2.57. The molecule has 1 saturated heterocycles. The number of aromatic nitrogens is 1. The average Bonchev–Trinajstić information content (AvgIpc) is 3.33. The largest absolute Gasteiger partial charge is 0.305 e. The molecule has 1 aliphatic heterocycles. The molecule has 2 heterocycles. The summed E-state index contributed by atoms with van der Waals surface area (Å²) in [6, 6.07) is 13.5. The number of anilines is 1. The summed E-state index contributed by atoms with van der Waals surface area (Å²) in [5.74, 6) is 0.362. The number of carbonyl (C=O) groups is 2. The van der Waals surface area contributed by atoms with E-state index in [9.17, 15) is 9.59 Å². The Morgan fingerprint density at radius 3 is 2.61 bits per heavy atom. The molecule has 2 amide bonds. The Kier molecular flexibility index (Phi) is 5.59. The number of rotatable bonds is 5. The highest BCUT2D eigenvalue weighted by Gasteiger charge is 2.39. The minimum Gasteiger partial charge on any atom is -0.305 e. The van der Waals surface area contributed by atoms with E-state index in [1.807, 2.05) is 30.3 Å². The van der Waals surface area contributed by atoms with Gasteiger partial charge in [0, 0.05) is 5.56 Å². The molecule has 6 heteroatoms. The summed E-state index contributed by atoms with van der Waals surface area (Å²) in [5.41, 5.74) is 3.84. The molecule has 2 fully saturated rings. The second-order valence-corrected chi connectivity index (χ2v) is 9.80. The van der Waals surface area contributed by atoms with Crippen LogP contribution in [-0.4, -0.2) is 29.4 Å². The van der Waals surface area contributed by atoms with Gasteiger partial charge < -0.3 is 5.32 Å². The van der Waals surface area contributed by atoms with E-state index in [0.717, 1.165) is 27.3 Å². The molecule has 5 rings (SSSR count). The molecule has 5 nitrogen and oxygen atoms in total. The summed E-state index contributed by atoms with van der Waals surface area (Å²) in [6.45, 7) is 2.91. The Bertz CT molecular complexity index is 1120. The molecular weight excluding hydrogens is 406 g/mol. The zero-order valence-corrected chi connectivity index (χ0v) is 18.6. The maximum absolute atomic E-state index is 12.9. The number of hydrogen-bond acceptors (Lipinski definition) is 5. The first-order valence-corrected chi connectivity index (χ1v) is 12.0. The van der Waals surface area contributed by atoms with Crippen molar-refractivity contribution in [2.45, 2.75) is 51.5 Å². The minimum absolute atomic E-state index is 0.130. The smallest absolute Gasteiger partial charge is 0.251 e. The zero-order valence-electron chi connectivity index (χ0n) is 17.8. The van der Waals surface area contributed by atoms with E-state index < -0.39 is 6.04 Å². The van der Waals surface area contributed by atoms with Crippen LogP contribution in [0.4, 0.5) is 5.69 Å². The Morgan fingerprint density at radius 1 is 1.06 bits per heavy atom. The van der Waals surface area contributed by atoms with Crippen LogP contribution in [0, 0.1) is 12.8 Å². The van der Waals surface area contributed by atoms with E-state index in [1.165, 1.54) is 42.6 Å². The number of hydrogen-bond donors (Lipinski definition) is 1. The number of carbonyl (C=O) groups excluding carboxylic acids is 2. The van der Waals surface area contributed by atoms with Crippen molar-refractivity contribution in [2.24, 2.45) is 5.92 Å². The van der Waals surface area contributed by atoms with Gasteiger partial charge in [0.15, 0.2) is 0 Å². The fourth-order valence-corrected chi connectivity index (χ4v) is 5.74. The Labute approximate surface area is 186 Å². The highest BCUT2D eigenvalue weighted by Crippen LogP contribution is 2.32. The van der Waals surface area contributed by atoms with Gasteiger partial charge in [-0.1, -0.05) is 25.3 Å². The van der Waals surface area contributed by atoms with Gasteiger partial charge in [-0.2, -0.15) is 0 Å². The van der Waals surface area contributed by atoms with Gasteiger partial charge in [-0.05, 0) is 74.2 Å². The number of amides is 2. The van der Waals surface area contributed by atoms with Crippen molar-refractivity contribution < 1.29 is 9.59 Å². The maximum Gasteiger partial charge on any atom is 0.251 e. The summed E-state index contributed by atoms with van der Waals surface area (Å²) in [7, 11) is 0. The molecule has 2 aromatic carbocycles. The maximum atomic E-state index is 12.9. The molecule has 1 N–H and O–H groups in total. The highest BCUT2D eigenvalue weighted by molar-refractivity contribution is 7.21. The second-order valence-electron chi connectivity index (χ2n) is 8.77. The van der Waals surface area contributed by atoms with Crippen LogP contribution in [0.1, 0.15) is 44.1 Å². The predicted octanol–water partition coefficient (Wildman–Crippen LogP) is 5.07. The van der Waals surface area contributed by atoms with Gasteiger partial charge in [0.05, 0.1) is 28.4 Å². The normalized spacial score (nSPS) is 20.2. The van der Waals surface area contributed by atoms with Crippen molar-refractivity contribution in [3.8, 4) is 10.6 Å². The third-order valence-corrected chi connectivity index (χ3v) is 7.51. The van der Waals surface area contributed by atoms with Crippen molar-refractivity contribution in [1.29, 1.82) is 0 Å². The van der Waals surface area contributed by atoms with E-state index in [1.54, 1.807) is 11.3 Å². The molecule has 2 aliphatic rings. The molecule has 0 radical (unpaired) electrons. The Morgan fingerprint density at radius 2 is 1.84 bits per heavy atom. The summed E-state index contributed by atoms with van der Waals surface area (Å²) in [4.78, 5) is 31.6. The van der Waals surface area contributed by atoms with Gasteiger partial charge in [-0.3, -0.25) is 9.59 Å². The van der Waals surface area contributed by atoms with Gasteiger partial charge in [-0.25, -0.2) is 9.88 Å². The van der Waals surface area contributed by atoms with Gasteiger partial charge in [0.1, 0.15) is 5.01 Å². The lowest BCUT2D eigenvalue weighted by atomic mass is 9.89. The molecule has 1 saturated carbocycles. The zero-order chi connectivity index (χ0) is 21.4. The Balaban J connectivity index is 1.29. The van der Waals surface area contributed by atoms with Crippen LogP contribution in [0.2, 0.25) is 0 Å². The standard InChI is InChI=1S/C25H27N3O2S/c1-16-7-12-20-22(13-16)31-24(27-20)18-8-10-19(11-9-18)28-23(29)14-21(25(28)30)26-15-17-5-3-2-4-6-17/h7-13,17,21,26H,2-6,14-15H2,1H3. The first-order valence-electron chi connectivity index (χ1n) is 11.2. The predicted molar refractivity (Wildman–Crippen MR) is 125 cm³/mol. The summed E-state index contributed by atoms with van der Waals surface area (Å²) < 4.78 is 1.16. The van der Waals surface area contributed by atoms with Gasteiger partial charge in [-0.15, -0.1) is 11.3 Å². The van der Waals surface area contributed by atoms with Crippen LogP contribution in [0.3, 0.4) is 0 Å². The third kappa shape index (κ3) is 4.14. The average molecular weight is 434 g/mol. The van der Waals surface area contributed by atoms with E-state index in [2.05, 4.69) is 24.4 Å². The number of aryl methyl sites for hydroxylation is 1. The lowest BCUT2D eigenvalue weighted by Crippen LogP contribution is -2.41. The molecule has 1 aliphatic carbocycles. The van der Waals surface area contributed by atoms with E-state index in [-0.39, 0.29) is 18.2 Å². The van der Waals surface area contributed by atoms with Gasteiger partial charge in [0.2, 0.25) is 5.91 Å². The van der Waals surface area contributed by atoms with Crippen molar-refractivity contribution in [3.05, 3.63) is 48.0 Å². The molecule has 31 heavy (non-hydrogen) atoms. The molecule has 1 aromatic heterocycles. The van der Waals surface area contributed by atoms with E-state index >= 15 is 0 Å². The highest BCUT2D eigenvalue weighted by atomic mass is 32.1. The molecule has 1 atom stereocenters. The van der Waals surface area contributed by atoms with Gasteiger partial charge >= 0.3 is 0 Å². The molecule has 160 valence electrons. The van der Waals surface area contributed by atoms with Gasteiger partial charge in [0.25, 0.3) is 5.91 Å². The van der Waals surface area contributed by atoms with Crippen molar-refractivity contribution in [1.82, 2.24) is 10.3 Å². The first kappa shape index (κ1) is 20.3. The van der Waals surface area contributed by atoms with Crippen LogP contribution in [0.5, 0.6) is 0 Å². The van der Waals surface area contributed by atoms with E-state index in [4.69, 9.17) is 4.98 Å². The fourth-order valence-electron chi connectivity index (χ4n) is 4.67. The van der Waals surface area contributed by atoms with Crippen molar-refractivity contribution in [2.75, 3.05) is 11.4 Å².